The van der Waals surface area contributed by atoms with Gasteiger partial charge in [0.1, 0.15) is 0 Å². The molecule has 0 saturated carbocycles. The van der Waals surface area contributed by atoms with Crippen molar-refractivity contribution in [3.05, 3.63) is 60.0 Å². The number of aromatic nitrogens is 2. The van der Waals surface area contributed by atoms with Crippen molar-refractivity contribution in [2.45, 2.75) is 19.0 Å². The smallest absolute Gasteiger partial charge is 0.416 e. The standard InChI is InChI=1S/C19H19F3N4O/c1-23-12-4-7-17-25-26-18(27-17)15-5-2-3-6-16(15)24-14-10-8-13(9-11-14)19(20,21)22/h2-3,5-6,8-11,23-24H,4,7,12H2,1H3. The van der Waals surface area contributed by atoms with Gasteiger partial charge in [-0.05, 0) is 56.4 Å². The second-order valence-electron chi connectivity index (χ2n) is 5.95. The Labute approximate surface area is 154 Å². The van der Waals surface area contributed by atoms with Crippen molar-refractivity contribution in [1.29, 1.82) is 0 Å². The molecule has 0 aliphatic carbocycles. The lowest BCUT2D eigenvalue weighted by molar-refractivity contribution is -0.137. The van der Waals surface area contributed by atoms with Crippen molar-refractivity contribution in [2.75, 3.05) is 18.9 Å². The highest BCUT2D eigenvalue weighted by molar-refractivity contribution is 5.76. The van der Waals surface area contributed by atoms with Crippen LogP contribution in [-0.4, -0.2) is 23.8 Å². The summed E-state index contributed by atoms with van der Waals surface area (Å²) in [4.78, 5) is 0. The Kier molecular flexibility index (Phi) is 5.75. The minimum atomic E-state index is -4.36. The summed E-state index contributed by atoms with van der Waals surface area (Å²) < 4.78 is 43.8. The van der Waals surface area contributed by atoms with E-state index in [2.05, 4.69) is 20.8 Å². The van der Waals surface area contributed by atoms with Gasteiger partial charge >= 0.3 is 6.18 Å². The number of nitrogens with one attached hydrogen (secondary N) is 2. The highest BCUT2D eigenvalue weighted by atomic mass is 19.4. The minimum Gasteiger partial charge on any atom is -0.421 e. The lowest BCUT2D eigenvalue weighted by atomic mass is 10.1. The summed E-state index contributed by atoms with van der Waals surface area (Å²) in [7, 11) is 1.88. The monoisotopic (exact) mass is 376 g/mol. The summed E-state index contributed by atoms with van der Waals surface area (Å²) in [5, 5.41) is 14.3. The highest BCUT2D eigenvalue weighted by Crippen LogP contribution is 2.32. The topological polar surface area (TPSA) is 63.0 Å². The van der Waals surface area contributed by atoms with Gasteiger partial charge in [-0.15, -0.1) is 10.2 Å². The Balaban J connectivity index is 1.78. The van der Waals surface area contributed by atoms with Crippen molar-refractivity contribution in [2.24, 2.45) is 0 Å². The minimum absolute atomic E-state index is 0.365. The first-order valence-electron chi connectivity index (χ1n) is 8.48. The van der Waals surface area contributed by atoms with Crippen LogP contribution in [0.5, 0.6) is 0 Å². The number of aryl methyl sites for hydroxylation is 1. The van der Waals surface area contributed by atoms with Crippen LogP contribution in [0.1, 0.15) is 17.9 Å². The van der Waals surface area contributed by atoms with Crippen LogP contribution in [0.3, 0.4) is 0 Å². The largest absolute Gasteiger partial charge is 0.421 e. The summed E-state index contributed by atoms with van der Waals surface area (Å²) >= 11 is 0. The van der Waals surface area contributed by atoms with Crippen LogP contribution in [0.2, 0.25) is 0 Å². The maximum atomic E-state index is 12.7. The van der Waals surface area contributed by atoms with Gasteiger partial charge in [-0.3, -0.25) is 0 Å². The molecule has 0 bridgehead atoms. The highest BCUT2D eigenvalue weighted by Gasteiger charge is 2.29. The average molecular weight is 376 g/mol. The molecule has 27 heavy (non-hydrogen) atoms. The summed E-state index contributed by atoms with van der Waals surface area (Å²) in [5.74, 6) is 0.911. The number of alkyl halides is 3. The number of benzene rings is 2. The molecule has 0 unspecified atom stereocenters. The fraction of sp³-hybridized carbons (Fsp3) is 0.263. The van der Waals surface area contributed by atoms with Gasteiger partial charge < -0.3 is 15.1 Å². The third-order valence-electron chi connectivity index (χ3n) is 3.93. The number of hydrogen-bond donors (Lipinski definition) is 2. The molecular weight excluding hydrogens is 357 g/mol. The Morgan fingerprint density at radius 2 is 1.74 bits per heavy atom. The summed E-state index contributed by atoms with van der Waals surface area (Å²) in [6, 6.07) is 12.1. The summed E-state index contributed by atoms with van der Waals surface area (Å²) in [6.07, 6.45) is -2.81. The third kappa shape index (κ3) is 4.85. The van der Waals surface area contributed by atoms with Crippen LogP contribution in [-0.2, 0) is 12.6 Å². The van der Waals surface area contributed by atoms with Crippen LogP contribution in [0.25, 0.3) is 11.5 Å². The van der Waals surface area contributed by atoms with Crippen molar-refractivity contribution in [3.8, 4) is 11.5 Å². The number of nitrogens with zero attached hydrogens (tertiary/aromatic N) is 2. The van der Waals surface area contributed by atoms with Crippen LogP contribution in [0, 0.1) is 0 Å². The predicted molar refractivity (Wildman–Crippen MR) is 96.7 cm³/mol. The number of hydrogen-bond acceptors (Lipinski definition) is 5. The van der Waals surface area contributed by atoms with Gasteiger partial charge in [0.15, 0.2) is 0 Å². The van der Waals surface area contributed by atoms with Crippen molar-refractivity contribution < 1.29 is 17.6 Å². The molecule has 0 fully saturated rings. The average Bonchev–Trinajstić information content (AvgIpc) is 3.11. The van der Waals surface area contributed by atoms with Crippen LogP contribution >= 0.6 is 0 Å². The number of halogens is 3. The zero-order chi connectivity index (χ0) is 19.3. The first-order chi connectivity index (χ1) is 13.0. The SMILES string of the molecule is CNCCCc1nnc(-c2ccccc2Nc2ccc(C(F)(F)F)cc2)o1. The van der Waals surface area contributed by atoms with E-state index in [0.717, 1.165) is 25.1 Å². The van der Waals surface area contributed by atoms with Crippen molar-refractivity contribution >= 4 is 11.4 Å². The van der Waals surface area contributed by atoms with Gasteiger partial charge in [-0.2, -0.15) is 13.2 Å². The summed E-state index contributed by atoms with van der Waals surface area (Å²) in [6.45, 7) is 0.851. The first kappa shape index (κ1) is 18.9. The van der Waals surface area contributed by atoms with Gasteiger partial charge in [0, 0.05) is 12.1 Å². The van der Waals surface area contributed by atoms with Crippen molar-refractivity contribution in [1.82, 2.24) is 15.5 Å². The molecule has 2 aromatic carbocycles. The number of rotatable bonds is 7. The zero-order valence-electron chi connectivity index (χ0n) is 14.7. The molecule has 3 rings (SSSR count). The Morgan fingerprint density at radius 3 is 2.44 bits per heavy atom. The Bertz CT molecular complexity index is 875. The maximum Gasteiger partial charge on any atom is 0.416 e. The maximum absolute atomic E-state index is 12.7. The predicted octanol–water partition coefficient (Wildman–Crippen LogP) is 4.65. The van der Waals surface area contributed by atoms with Gasteiger partial charge in [0.05, 0.1) is 16.8 Å². The molecule has 0 aliphatic heterocycles. The molecule has 0 saturated heterocycles. The molecule has 8 heteroatoms. The van der Waals surface area contributed by atoms with Crippen LogP contribution < -0.4 is 10.6 Å². The van der Waals surface area contributed by atoms with E-state index in [-0.39, 0.29) is 0 Å². The quantitative estimate of drug-likeness (QED) is 0.588. The van der Waals surface area contributed by atoms with E-state index in [4.69, 9.17) is 4.42 Å². The number of anilines is 2. The molecule has 0 amide bonds. The molecule has 1 aromatic heterocycles. The lowest BCUT2D eigenvalue weighted by Gasteiger charge is -2.11. The normalized spacial score (nSPS) is 11.6. The van der Waals surface area contributed by atoms with Crippen molar-refractivity contribution in [3.63, 3.8) is 0 Å². The van der Waals surface area contributed by atoms with Gasteiger partial charge in [0.25, 0.3) is 0 Å². The van der Waals surface area contributed by atoms with E-state index in [1.165, 1.54) is 12.1 Å². The second-order valence-corrected chi connectivity index (χ2v) is 5.95. The molecule has 0 atom stereocenters. The molecule has 0 radical (unpaired) electrons. The second kappa shape index (κ2) is 8.22. The fourth-order valence-corrected chi connectivity index (χ4v) is 2.56. The molecule has 142 valence electrons. The Hall–Kier alpha value is -2.87. The molecule has 0 spiro atoms. The van der Waals surface area contributed by atoms with Gasteiger partial charge in [0.2, 0.25) is 11.8 Å². The van der Waals surface area contributed by atoms with Gasteiger partial charge in [-0.25, -0.2) is 0 Å². The van der Waals surface area contributed by atoms with Crippen LogP contribution in [0.15, 0.2) is 52.9 Å². The molecule has 0 aliphatic rings. The fourth-order valence-electron chi connectivity index (χ4n) is 2.56. The molecule has 5 nitrogen and oxygen atoms in total. The molecular formula is C19H19F3N4O. The third-order valence-corrected chi connectivity index (χ3v) is 3.93. The van der Waals surface area contributed by atoms with E-state index >= 15 is 0 Å². The van der Waals surface area contributed by atoms with E-state index in [9.17, 15) is 13.2 Å². The lowest BCUT2D eigenvalue weighted by Crippen LogP contribution is -2.08. The zero-order valence-corrected chi connectivity index (χ0v) is 14.7. The molecule has 3 aromatic rings. The van der Waals surface area contributed by atoms with E-state index in [1.54, 1.807) is 6.07 Å². The summed E-state index contributed by atoms with van der Waals surface area (Å²) in [5.41, 5.74) is 1.20. The molecule has 1 heterocycles. The van der Waals surface area contributed by atoms with E-state index in [1.807, 2.05) is 25.2 Å². The first-order valence-corrected chi connectivity index (χ1v) is 8.48. The van der Waals surface area contributed by atoms with Crippen LogP contribution in [0.4, 0.5) is 24.5 Å². The Morgan fingerprint density at radius 1 is 1.00 bits per heavy atom. The molecule has 2 N–H and O–H groups in total. The van der Waals surface area contributed by atoms with E-state index < -0.39 is 11.7 Å². The number of para-hydroxylation sites is 1. The van der Waals surface area contributed by atoms with E-state index in [0.29, 0.717) is 35.1 Å². The van der Waals surface area contributed by atoms with Gasteiger partial charge in [-0.1, -0.05) is 12.1 Å².